The number of unbranched alkanes of at least 4 members (excludes halogenated alkanes) is 2. The fourth-order valence-corrected chi connectivity index (χ4v) is 1.94. The van der Waals surface area contributed by atoms with Crippen LogP contribution in [-0.4, -0.2) is 10.1 Å². The Morgan fingerprint density at radius 3 is 2.88 bits per heavy atom. The Morgan fingerprint density at radius 1 is 1.19 bits per heavy atom. The molecule has 0 aliphatic rings. The minimum atomic E-state index is 0.356. The van der Waals surface area contributed by atoms with Crippen molar-refractivity contribution in [2.45, 2.75) is 32.6 Å². The second-order valence-corrected chi connectivity index (χ2v) is 4.11. The van der Waals surface area contributed by atoms with E-state index >= 15 is 0 Å². The van der Waals surface area contributed by atoms with Crippen molar-refractivity contribution in [1.82, 2.24) is 4.98 Å². The van der Waals surface area contributed by atoms with Gasteiger partial charge in [-0.3, -0.25) is 4.98 Å². The number of nitrogens with zero attached hydrogens (tertiary/aromatic N) is 1. The molecule has 0 bridgehead atoms. The molecular formula is C14H17NO. The molecule has 1 aromatic heterocycles. The molecule has 0 spiro atoms. The number of phenols is 1. The molecule has 1 aromatic carbocycles. The molecule has 0 aliphatic heterocycles. The van der Waals surface area contributed by atoms with Crippen molar-refractivity contribution in [3.05, 3.63) is 36.0 Å². The van der Waals surface area contributed by atoms with Crippen molar-refractivity contribution < 1.29 is 5.11 Å². The summed E-state index contributed by atoms with van der Waals surface area (Å²) in [5, 5.41) is 11.1. The molecule has 1 heterocycles. The predicted molar refractivity (Wildman–Crippen MR) is 66.6 cm³/mol. The largest absolute Gasteiger partial charge is 0.505 e. The van der Waals surface area contributed by atoms with E-state index in [1.54, 1.807) is 6.20 Å². The van der Waals surface area contributed by atoms with Gasteiger partial charge in [-0.25, -0.2) is 0 Å². The van der Waals surface area contributed by atoms with Crippen molar-refractivity contribution >= 4 is 10.9 Å². The summed E-state index contributed by atoms with van der Waals surface area (Å²) in [4.78, 5) is 4.22. The molecule has 16 heavy (non-hydrogen) atoms. The second-order valence-electron chi connectivity index (χ2n) is 4.11. The van der Waals surface area contributed by atoms with E-state index in [1.165, 1.54) is 12.8 Å². The highest BCUT2D eigenvalue weighted by atomic mass is 16.3. The summed E-state index contributed by atoms with van der Waals surface area (Å²) in [6.07, 6.45) is 6.19. The fraction of sp³-hybridized carbons (Fsp3) is 0.357. The second kappa shape index (κ2) is 4.97. The van der Waals surface area contributed by atoms with Crippen molar-refractivity contribution in [3.8, 4) is 5.75 Å². The monoisotopic (exact) mass is 215 g/mol. The zero-order valence-corrected chi connectivity index (χ0v) is 9.61. The van der Waals surface area contributed by atoms with E-state index in [2.05, 4.69) is 11.9 Å². The first-order valence-corrected chi connectivity index (χ1v) is 5.88. The third-order valence-electron chi connectivity index (χ3n) is 2.88. The molecule has 0 atom stereocenters. The summed E-state index contributed by atoms with van der Waals surface area (Å²) in [6.45, 7) is 2.18. The summed E-state index contributed by atoms with van der Waals surface area (Å²) in [5.74, 6) is 0.356. The van der Waals surface area contributed by atoms with Gasteiger partial charge >= 0.3 is 0 Å². The third kappa shape index (κ3) is 2.16. The summed E-state index contributed by atoms with van der Waals surface area (Å²) < 4.78 is 0. The maximum absolute atomic E-state index is 10.1. The lowest BCUT2D eigenvalue weighted by Gasteiger charge is -2.06. The molecule has 0 radical (unpaired) electrons. The van der Waals surface area contributed by atoms with Crippen LogP contribution < -0.4 is 0 Å². The van der Waals surface area contributed by atoms with Gasteiger partial charge < -0.3 is 5.11 Å². The molecule has 0 saturated carbocycles. The Balaban J connectivity index is 2.29. The quantitative estimate of drug-likeness (QED) is 0.789. The van der Waals surface area contributed by atoms with E-state index < -0.39 is 0 Å². The molecular weight excluding hydrogens is 198 g/mol. The molecule has 2 heteroatoms. The van der Waals surface area contributed by atoms with E-state index in [0.717, 1.165) is 29.3 Å². The van der Waals surface area contributed by atoms with Gasteiger partial charge in [0, 0.05) is 11.6 Å². The summed E-state index contributed by atoms with van der Waals surface area (Å²) in [6, 6.07) is 7.90. The number of pyridine rings is 1. The van der Waals surface area contributed by atoms with Gasteiger partial charge in [-0.15, -0.1) is 0 Å². The van der Waals surface area contributed by atoms with Crippen LogP contribution in [0.2, 0.25) is 0 Å². The molecule has 0 aliphatic carbocycles. The van der Waals surface area contributed by atoms with E-state index in [0.29, 0.717) is 5.75 Å². The number of phenolic OH excluding ortho intramolecular Hbond substituents is 1. The van der Waals surface area contributed by atoms with Gasteiger partial charge in [-0.05, 0) is 24.5 Å². The Bertz CT molecular complexity index is 479. The molecule has 2 nitrogen and oxygen atoms in total. The highest BCUT2D eigenvalue weighted by molar-refractivity contribution is 5.85. The van der Waals surface area contributed by atoms with Crippen LogP contribution in [0.4, 0.5) is 0 Å². The van der Waals surface area contributed by atoms with Gasteiger partial charge in [0.1, 0.15) is 11.3 Å². The number of aromatic hydroxyl groups is 1. The summed E-state index contributed by atoms with van der Waals surface area (Å²) in [5.41, 5.74) is 1.73. The maximum Gasteiger partial charge on any atom is 0.144 e. The fourth-order valence-electron chi connectivity index (χ4n) is 1.94. The van der Waals surface area contributed by atoms with E-state index in [-0.39, 0.29) is 0 Å². The minimum absolute atomic E-state index is 0.356. The minimum Gasteiger partial charge on any atom is -0.505 e. The Kier molecular flexibility index (Phi) is 3.40. The number of rotatable bonds is 4. The summed E-state index contributed by atoms with van der Waals surface area (Å²) >= 11 is 0. The molecule has 0 fully saturated rings. The van der Waals surface area contributed by atoms with Crippen LogP contribution in [0, 0.1) is 0 Å². The van der Waals surface area contributed by atoms with Crippen LogP contribution in [0.25, 0.3) is 10.9 Å². The van der Waals surface area contributed by atoms with Gasteiger partial charge in [-0.2, -0.15) is 0 Å². The Labute approximate surface area is 96.0 Å². The first-order valence-electron chi connectivity index (χ1n) is 5.88. The van der Waals surface area contributed by atoms with Crippen molar-refractivity contribution in [2.24, 2.45) is 0 Å². The first-order chi connectivity index (χ1) is 7.83. The lowest BCUT2D eigenvalue weighted by molar-refractivity contribution is 0.471. The van der Waals surface area contributed by atoms with Gasteiger partial charge in [0.2, 0.25) is 0 Å². The average molecular weight is 215 g/mol. The number of fused-ring (bicyclic) bond motifs is 1. The number of aromatic nitrogens is 1. The normalized spacial score (nSPS) is 10.8. The zero-order valence-electron chi connectivity index (χ0n) is 9.61. The number of benzene rings is 1. The first kappa shape index (κ1) is 10.9. The maximum atomic E-state index is 10.1. The topological polar surface area (TPSA) is 33.1 Å². The zero-order chi connectivity index (χ0) is 11.4. The van der Waals surface area contributed by atoms with Crippen molar-refractivity contribution in [2.75, 3.05) is 0 Å². The number of hydrogen-bond acceptors (Lipinski definition) is 2. The van der Waals surface area contributed by atoms with Crippen molar-refractivity contribution in [3.63, 3.8) is 0 Å². The SMILES string of the molecule is CCCCCc1ccc2cccnc2c1O. The molecule has 0 unspecified atom stereocenters. The van der Waals surface area contributed by atoms with Crippen LogP contribution in [-0.2, 0) is 6.42 Å². The highest BCUT2D eigenvalue weighted by Crippen LogP contribution is 2.27. The van der Waals surface area contributed by atoms with Crippen LogP contribution >= 0.6 is 0 Å². The average Bonchev–Trinajstić information content (AvgIpc) is 2.33. The molecule has 2 aromatic rings. The smallest absolute Gasteiger partial charge is 0.144 e. The van der Waals surface area contributed by atoms with E-state index in [4.69, 9.17) is 0 Å². The third-order valence-corrected chi connectivity index (χ3v) is 2.88. The van der Waals surface area contributed by atoms with Gasteiger partial charge in [0.05, 0.1) is 0 Å². The Morgan fingerprint density at radius 2 is 2.06 bits per heavy atom. The van der Waals surface area contributed by atoms with Crippen LogP contribution in [0.15, 0.2) is 30.5 Å². The van der Waals surface area contributed by atoms with Crippen molar-refractivity contribution in [1.29, 1.82) is 0 Å². The lowest BCUT2D eigenvalue weighted by atomic mass is 10.0. The molecule has 2 rings (SSSR count). The van der Waals surface area contributed by atoms with Crippen LogP contribution in [0.1, 0.15) is 31.7 Å². The summed E-state index contributed by atoms with van der Waals surface area (Å²) in [7, 11) is 0. The number of hydrogen-bond donors (Lipinski definition) is 1. The highest BCUT2D eigenvalue weighted by Gasteiger charge is 2.06. The van der Waals surface area contributed by atoms with Gasteiger partial charge in [-0.1, -0.05) is 38.0 Å². The molecule has 1 N–H and O–H groups in total. The molecule has 0 amide bonds. The number of aryl methyl sites for hydroxylation is 1. The molecule has 0 saturated heterocycles. The molecule has 84 valence electrons. The van der Waals surface area contributed by atoms with E-state index in [1.807, 2.05) is 24.3 Å². The standard InChI is InChI=1S/C14H17NO/c1-2-3-4-6-12-9-8-11-7-5-10-15-13(11)14(12)16/h5,7-10,16H,2-4,6H2,1H3. The lowest BCUT2D eigenvalue weighted by Crippen LogP contribution is -1.89. The Hall–Kier alpha value is -1.57. The van der Waals surface area contributed by atoms with Crippen LogP contribution in [0.3, 0.4) is 0 Å². The predicted octanol–water partition coefficient (Wildman–Crippen LogP) is 3.67. The van der Waals surface area contributed by atoms with E-state index in [9.17, 15) is 5.11 Å². The van der Waals surface area contributed by atoms with Gasteiger partial charge in [0.25, 0.3) is 0 Å². The van der Waals surface area contributed by atoms with Crippen LogP contribution in [0.5, 0.6) is 5.75 Å². The van der Waals surface area contributed by atoms with Gasteiger partial charge in [0.15, 0.2) is 0 Å².